The smallest absolute Gasteiger partial charge is 0.165 e. The lowest BCUT2D eigenvalue weighted by Gasteiger charge is -2.28. The van der Waals surface area contributed by atoms with Crippen molar-refractivity contribution in [2.45, 2.75) is 32.2 Å². The van der Waals surface area contributed by atoms with Gasteiger partial charge in [-0.3, -0.25) is 9.69 Å². The third-order valence-corrected chi connectivity index (χ3v) is 4.59. The van der Waals surface area contributed by atoms with Crippen LogP contribution in [0, 0.1) is 5.92 Å². The summed E-state index contributed by atoms with van der Waals surface area (Å²) in [5, 5.41) is 0.543. The summed E-state index contributed by atoms with van der Waals surface area (Å²) in [6.45, 7) is 4.61. The number of nitrogens with zero attached hydrogens (tertiary/aromatic N) is 1. The number of hydrogen-bond acceptors (Lipinski definition) is 3. The van der Waals surface area contributed by atoms with E-state index in [1.165, 1.54) is 12.8 Å². The van der Waals surface area contributed by atoms with Crippen LogP contribution in [0.3, 0.4) is 0 Å². The van der Waals surface area contributed by atoms with Crippen molar-refractivity contribution in [3.8, 4) is 0 Å². The fourth-order valence-electron chi connectivity index (χ4n) is 2.67. The molecule has 0 N–H and O–H groups in total. The summed E-state index contributed by atoms with van der Waals surface area (Å²) < 4.78 is 5.19. The molecule has 1 unspecified atom stereocenters. The molecule has 21 heavy (non-hydrogen) atoms. The van der Waals surface area contributed by atoms with Crippen molar-refractivity contribution in [1.29, 1.82) is 0 Å². The standard InChI is InChI=1S/C17H24ClNO2/c1-13(14-7-8-14)19(11-12-21-2)10-9-17(20)15-5-3-4-6-16(15)18/h3-6,13-14H,7-12H2,1-2H3. The molecule has 0 aliphatic heterocycles. The first-order valence-electron chi connectivity index (χ1n) is 7.64. The molecular formula is C17H24ClNO2. The van der Waals surface area contributed by atoms with Crippen molar-refractivity contribution in [1.82, 2.24) is 4.90 Å². The van der Waals surface area contributed by atoms with Crippen molar-refractivity contribution < 1.29 is 9.53 Å². The van der Waals surface area contributed by atoms with Gasteiger partial charge in [0, 0.05) is 38.2 Å². The molecule has 0 spiro atoms. The Bertz CT molecular complexity index is 474. The first kappa shape index (κ1) is 16.5. The van der Waals surface area contributed by atoms with Crippen LogP contribution in [-0.4, -0.2) is 43.5 Å². The predicted octanol–water partition coefficient (Wildman–Crippen LogP) is 3.66. The Kier molecular flexibility index (Phi) is 6.22. The lowest BCUT2D eigenvalue weighted by atomic mass is 10.1. The van der Waals surface area contributed by atoms with Crippen molar-refractivity contribution in [3.05, 3.63) is 34.9 Å². The third-order valence-electron chi connectivity index (χ3n) is 4.26. The van der Waals surface area contributed by atoms with Gasteiger partial charge in [0.15, 0.2) is 5.78 Å². The van der Waals surface area contributed by atoms with Gasteiger partial charge in [0.2, 0.25) is 0 Å². The Morgan fingerprint density at radius 3 is 2.71 bits per heavy atom. The zero-order chi connectivity index (χ0) is 15.2. The Morgan fingerprint density at radius 2 is 2.10 bits per heavy atom. The number of rotatable bonds is 9. The van der Waals surface area contributed by atoms with Crippen LogP contribution in [0.5, 0.6) is 0 Å². The van der Waals surface area contributed by atoms with Gasteiger partial charge in [-0.1, -0.05) is 23.7 Å². The van der Waals surface area contributed by atoms with E-state index < -0.39 is 0 Å². The lowest BCUT2D eigenvalue weighted by Crippen LogP contribution is -2.38. The fourth-order valence-corrected chi connectivity index (χ4v) is 2.91. The van der Waals surface area contributed by atoms with Crippen LogP contribution in [-0.2, 0) is 4.74 Å². The number of carbonyl (C=O) groups is 1. The number of Topliss-reactive ketones (excluding diaryl/α,β-unsaturated/α-hetero) is 1. The lowest BCUT2D eigenvalue weighted by molar-refractivity contribution is 0.0903. The topological polar surface area (TPSA) is 29.5 Å². The maximum Gasteiger partial charge on any atom is 0.165 e. The molecule has 3 nitrogen and oxygen atoms in total. The average Bonchev–Trinajstić information content (AvgIpc) is 3.31. The monoisotopic (exact) mass is 309 g/mol. The van der Waals surface area contributed by atoms with Crippen LogP contribution in [0.4, 0.5) is 0 Å². The van der Waals surface area contributed by atoms with Gasteiger partial charge in [0.1, 0.15) is 0 Å². The average molecular weight is 310 g/mol. The number of halogens is 1. The van der Waals surface area contributed by atoms with E-state index >= 15 is 0 Å². The predicted molar refractivity (Wildman–Crippen MR) is 86.0 cm³/mol. The maximum atomic E-state index is 12.3. The van der Waals surface area contributed by atoms with E-state index in [0.717, 1.165) is 19.0 Å². The second kappa shape index (κ2) is 7.92. The van der Waals surface area contributed by atoms with Crippen molar-refractivity contribution in [3.63, 3.8) is 0 Å². The molecule has 116 valence electrons. The van der Waals surface area contributed by atoms with Gasteiger partial charge < -0.3 is 4.74 Å². The second-order valence-electron chi connectivity index (χ2n) is 5.76. The van der Waals surface area contributed by atoms with Crippen molar-refractivity contribution in [2.24, 2.45) is 5.92 Å². The largest absolute Gasteiger partial charge is 0.383 e. The molecule has 1 aliphatic carbocycles. The van der Waals surface area contributed by atoms with E-state index in [4.69, 9.17) is 16.3 Å². The van der Waals surface area contributed by atoms with Crippen molar-refractivity contribution >= 4 is 17.4 Å². The van der Waals surface area contributed by atoms with Crippen molar-refractivity contribution in [2.75, 3.05) is 26.8 Å². The van der Waals surface area contributed by atoms with Crippen LogP contribution in [0.15, 0.2) is 24.3 Å². The number of ketones is 1. The summed E-state index contributed by atoms with van der Waals surface area (Å²) in [4.78, 5) is 14.7. The Labute approximate surface area is 132 Å². The molecule has 0 bridgehead atoms. The first-order valence-corrected chi connectivity index (χ1v) is 8.02. The van der Waals surface area contributed by atoms with E-state index in [1.54, 1.807) is 19.2 Å². The summed E-state index contributed by atoms with van der Waals surface area (Å²) >= 11 is 6.09. The number of hydrogen-bond donors (Lipinski definition) is 0. The van der Waals surface area contributed by atoms with Crippen LogP contribution in [0.2, 0.25) is 5.02 Å². The highest BCUT2D eigenvalue weighted by Crippen LogP contribution is 2.35. The van der Waals surface area contributed by atoms with Gasteiger partial charge in [0.05, 0.1) is 11.6 Å². The van der Waals surface area contributed by atoms with Gasteiger partial charge in [-0.25, -0.2) is 0 Å². The van der Waals surface area contributed by atoms with Gasteiger partial charge in [-0.2, -0.15) is 0 Å². The van der Waals surface area contributed by atoms with E-state index in [2.05, 4.69) is 11.8 Å². The zero-order valence-electron chi connectivity index (χ0n) is 12.8. The Morgan fingerprint density at radius 1 is 1.38 bits per heavy atom. The molecule has 0 amide bonds. The number of carbonyl (C=O) groups excluding carboxylic acids is 1. The highest BCUT2D eigenvalue weighted by Gasteiger charge is 2.31. The molecule has 1 aromatic rings. The Hall–Kier alpha value is -0.900. The molecule has 0 saturated heterocycles. The molecule has 1 atom stereocenters. The summed E-state index contributed by atoms with van der Waals surface area (Å²) in [5.74, 6) is 0.906. The minimum Gasteiger partial charge on any atom is -0.383 e. The number of ether oxygens (including phenoxy) is 1. The zero-order valence-corrected chi connectivity index (χ0v) is 13.6. The maximum absolute atomic E-state index is 12.3. The molecule has 2 rings (SSSR count). The molecule has 1 aromatic carbocycles. The summed E-state index contributed by atoms with van der Waals surface area (Å²) in [7, 11) is 1.72. The molecule has 0 heterocycles. The summed E-state index contributed by atoms with van der Waals surface area (Å²) in [6.07, 6.45) is 3.12. The first-order chi connectivity index (χ1) is 10.1. The van der Waals surface area contributed by atoms with E-state index in [-0.39, 0.29) is 5.78 Å². The van der Waals surface area contributed by atoms with Crippen LogP contribution in [0.25, 0.3) is 0 Å². The van der Waals surface area contributed by atoms with Crippen LogP contribution in [0.1, 0.15) is 36.5 Å². The minimum absolute atomic E-state index is 0.117. The fraction of sp³-hybridized carbons (Fsp3) is 0.588. The molecule has 1 saturated carbocycles. The number of benzene rings is 1. The second-order valence-corrected chi connectivity index (χ2v) is 6.17. The van der Waals surface area contributed by atoms with Crippen LogP contribution >= 0.6 is 11.6 Å². The summed E-state index contributed by atoms with van der Waals surface area (Å²) in [5.41, 5.74) is 0.630. The molecule has 0 aromatic heterocycles. The van der Waals surface area contributed by atoms with E-state index in [1.807, 2.05) is 12.1 Å². The molecule has 0 radical (unpaired) electrons. The highest BCUT2D eigenvalue weighted by molar-refractivity contribution is 6.33. The van der Waals surface area contributed by atoms with Crippen LogP contribution < -0.4 is 0 Å². The van der Waals surface area contributed by atoms with Gasteiger partial charge in [-0.15, -0.1) is 0 Å². The van der Waals surface area contributed by atoms with Gasteiger partial charge in [0.25, 0.3) is 0 Å². The summed E-state index contributed by atoms with van der Waals surface area (Å²) in [6, 6.07) is 7.80. The normalized spacial score (nSPS) is 16.2. The quantitative estimate of drug-likeness (QED) is 0.652. The van der Waals surface area contributed by atoms with E-state index in [0.29, 0.717) is 29.7 Å². The molecule has 1 aliphatic rings. The minimum atomic E-state index is 0.117. The Balaban J connectivity index is 1.91. The van der Waals surface area contributed by atoms with Gasteiger partial charge in [-0.05, 0) is 37.8 Å². The SMILES string of the molecule is COCCN(CCC(=O)c1ccccc1Cl)C(C)C1CC1. The van der Waals surface area contributed by atoms with Gasteiger partial charge >= 0.3 is 0 Å². The third kappa shape index (κ3) is 4.80. The molecule has 1 fully saturated rings. The number of methoxy groups -OCH3 is 1. The van der Waals surface area contributed by atoms with E-state index in [9.17, 15) is 4.79 Å². The highest BCUT2D eigenvalue weighted by atomic mass is 35.5. The molecule has 4 heteroatoms. The molecular weight excluding hydrogens is 286 g/mol.